The maximum atomic E-state index is 5.93. The lowest BCUT2D eigenvalue weighted by Crippen LogP contribution is -2.10. The fourth-order valence-electron chi connectivity index (χ4n) is 1.85. The number of hydrogen-bond donors (Lipinski definition) is 1. The number of benzene rings is 1. The smallest absolute Gasteiger partial charge is 0.243 e. The first kappa shape index (κ1) is 12.8. The lowest BCUT2D eigenvalue weighted by Gasteiger charge is -2.02. The summed E-state index contributed by atoms with van der Waals surface area (Å²) >= 11 is 0. The molecule has 0 saturated carbocycles. The van der Waals surface area contributed by atoms with Gasteiger partial charge in [-0.2, -0.15) is 4.98 Å². The molecule has 2 N–H and O–H groups in total. The van der Waals surface area contributed by atoms with E-state index < -0.39 is 0 Å². The van der Waals surface area contributed by atoms with Crippen LogP contribution < -0.4 is 5.73 Å². The van der Waals surface area contributed by atoms with Crippen LogP contribution in [0.1, 0.15) is 43.1 Å². The highest BCUT2D eigenvalue weighted by atomic mass is 16.5. The maximum Gasteiger partial charge on any atom is 0.243 e. The molecule has 0 fully saturated rings. The average molecular weight is 245 g/mol. The minimum atomic E-state index is -0.132. The van der Waals surface area contributed by atoms with Crippen LogP contribution in [0.5, 0.6) is 0 Å². The third-order valence-corrected chi connectivity index (χ3v) is 2.88. The van der Waals surface area contributed by atoms with Crippen molar-refractivity contribution in [2.45, 2.75) is 38.6 Å². The van der Waals surface area contributed by atoms with Gasteiger partial charge in [-0.1, -0.05) is 48.8 Å². The normalized spacial score (nSPS) is 12.6. The van der Waals surface area contributed by atoms with Crippen molar-refractivity contribution < 1.29 is 4.52 Å². The van der Waals surface area contributed by atoms with Crippen LogP contribution >= 0.6 is 0 Å². The average Bonchev–Trinajstić information content (AvgIpc) is 2.87. The summed E-state index contributed by atoms with van der Waals surface area (Å²) in [7, 11) is 0. The molecular formula is C14H19N3O. The number of rotatable bonds is 6. The monoisotopic (exact) mass is 245 g/mol. The summed E-state index contributed by atoms with van der Waals surface area (Å²) in [5, 5.41) is 3.97. The lowest BCUT2D eigenvalue weighted by atomic mass is 10.1. The van der Waals surface area contributed by atoms with Gasteiger partial charge in [0.25, 0.3) is 0 Å². The molecule has 2 rings (SSSR count). The van der Waals surface area contributed by atoms with Gasteiger partial charge in [0.2, 0.25) is 5.89 Å². The summed E-state index contributed by atoms with van der Waals surface area (Å²) in [6, 6.07) is 10.2. The highest BCUT2D eigenvalue weighted by Crippen LogP contribution is 2.14. The highest BCUT2D eigenvalue weighted by Gasteiger charge is 2.13. The number of nitrogens with two attached hydrogens (primary N) is 1. The van der Waals surface area contributed by atoms with Crippen molar-refractivity contribution in [3.05, 3.63) is 47.6 Å². The van der Waals surface area contributed by atoms with Crippen LogP contribution in [0.3, 0.4) is 0 Å². The molecule has 1 aromatic heterocycles. The number of nitrogens with zero attached hydrogens (tertiary/aromatic N) is 2. The quantitative estimate of drug-likeness (QED) is 0.849. The first-order valence-corrected chi connectivity index (χ1v) is 6.41. The van der Waals surface area contributed by atoms with Crippen LogP contribution in [0.15, 0.2) is 34.9 Å². The zero-order chi connectivity index (χ0) is 12.8. The predicted molar refractivity (Wildman–Crippen MR) is 70.0 cm³/mol. The molecule has 1 aromatic carbocycles. The van der Waals surface area contributed by atoms with Crippen LogP contribution in [0, 0.1) is 0 Å². The standard InChI is InChI=1S/C14H19N3O/c1-2-6-12(15)14-16-13(17-18-14)10-9-11-7-4-3-5-8-11/h3-5,7-8,12H,2,6,9-10,15H2,1H3/t12-/m0/s1. The van der Waals surface area contributed by atoms with Crippen molar-refractivity contribution in [2.24, 2.45) is 5.73 Å². The zero-order valence-electron chi connectivity index (χ0n) is 10.7. The zero-order valence-corrected chi connectivity index (χ0v) is 10.7. The molecule has 0 aliphatic rings. The Hall–Kier alpha value is -1.68. The number of hydrogen-bond acceptors (Lipinski definition) is 4. The second-order valence-electron chi connectivity index (χ2n) is 4.43. The Morgan fingerprint density at radius 3 is 2.72 bits per heavy atom. The van der Waals surface area contributed by atoms with Gasteiger partial charge >= 0.3 is 0 Å². The van der Waals surface area contributed by atoms with Gasteiger partial charge in [0, 0.05) is 6.42 Å². The van der Waals surface area contributed by atoms with Gasteiger partial charge in [-0.05, 0) is 18.4 Å². The van der Waals surface area contributed by atoms with E-state index in [9.17, 15) is 0 Å². The van der Waals surface area contributed by atoms with E-state index in [0.29, 0.717) is 5.89 Å². The molecule has 0 amide bonds. The SMILES string of the molecule is CCC[C@H](N)c1nc(CCc2ccccc2)no1. The molecule has 4 nitrogen and oxygen atoms in total. The Kier molecular flexibility index (Phi) is 4.47. The lowest BCUT2D eigenvalue weighted by molar-refractivity contribution is 0.344. The Morgan fingerprint density at radius 2 is 2.00 bits per heavy atom. The predicted octanol–water partition coefficient (Wildman–Crippen LogP) is 2.65. The van der Waals surface area contributed by atoms with Crippen LogP contribution in [-0.2, 0) is 12.8 Å². The van der Waals surface area contributed by atoms with E-state index in [2.05, 4.69) is 29.2 Å². The van der Waals surface area contributed by atoms with Crippen molar-refractivity contribution in [3.63, 3.8) is 0 Å². The van der Waals surface area contributed by atoms with E-state index in [0.717, 1.165) is 31.5 Å². The van der Waals surface area contributed by atoms with E-state index >= 15 is 0 Å². The summed E-state index contributed by atoms with van der Waals surface area (Å²) in [6.45, 7) is 2.09. The van der Waals surface area contributed by atoms with Crippen molar-refractivity contribution in [2.75, 3.05) is 0 Å². The van der Waals surface area contributed by atoms with Crippen LogP contribution in [-0.4, -0.2) is 10.1 Å². The minimum absolute atomic E-state index is 0.132. The Morgan fingerprint density at radius 1 is 1.22 bits per heavy atom. The molecule has 18 heavy (non-hydrogen) atoms. The highest BCUT2D eigenvalue weighted by molar-refractivity contribution is 5.15. The molecule has 1 atom stereocenters. The second-order valence-corrected chi connectivity index (χ2v) is 4.43. The topological polar surface area (TPSA) is 64.9 Å². The fraction of sp³-hybridized carbons (Fsp3) is 0.429. The number of aryl methyl sites for hydroxylation is 2. The molecule has 0 saturated heterocycles. The summed E-state index contributed by atoms with van der Waals surface area (Å²) in [5.41, 5.74) is 7.21. The van der Waals surface area contributed by atoms with E-state index in [1.165, 1.54) is 5.56 Å². The molecule has 4 heteroatoms. The largest absolute Gasteiger partial charge is 0.338 e. The van der Waals surface area contributed by atoms with Crippen molar-refractivity contribution in [3.8, 4) is 0 Å². The Balaban J connectivity index is 1.91. The third-order valence-electron chi connectivity index (χ3n) is 2.88. The fourth-order valence-corrected chi connectivity index (χ4v) is 1.85. The molecular weight excluding hydrogens is 226 g/mol. The summed E-state index contributed by atoms with van der Waals surface area (Å²) in [4.78, 5) is 4.34. The molecule has 0 spiro atoms. The van der Waals surface area contributed by atoms with Crippen molar-refractivity contribution >= 4 is 0 Å². The van der Waals surface area contributed by atoms with E-state index in [1.807, 2.05) is 18.2 Å². The Bertz CT molecular complexity index is 467. The van der Waals surface area contributed by atoms with Gasteiger partial charge in [-0.25, -0.2) is 0 Å². The summed E-state index contributed by atoms with van der Waals surface area (Å²) in [6.07, 6.45) is 3.60. The van der Waals surface area contributed by atoms with Gasteiger partial charge in [-0.15, -0.1) is 0 Å². The molecule has 0 aliphatic carbocycles. The van der Waals surface area contributed by atoms with Crippen LogP contribution in [0.4, 0.5) is 0 Å². The molecule has 2 aromatic rings. The van der Waals surface area contributed by atoms with Crippen molar-refractivity contribution in [1.29, 1.82) is 0 Å². The van der Waals surface area contributed by atoms with Gasteiger partial charge in [0.05, 0.1) is 6.04 Å². The molecule has 0 unspecified atom stereocenters. The molecule has 0 radical (unpaired) electrons. The van der Waals surface area contributed by atoms with Gasteiger partial charge in [0.1, 0.15) is 0 Å². The molecule has 96 valence electrons. The first-order valence-electron chi connectivity index (χ1n) is 6.41. The van der Waals surface area contributed by atoms with Crippen molar-refractivity contribution in [1.82, 2.24) is 10.1 Å². The van der Waals surface area contributed by atoms with Gasteiger partial charge in [0.15, 0.2) is 5.82 Å². The summed E-state index contributed by atoms with van der Waals surface area (Å²) in [5.74, 6) is 1.29. The van der Waals surface area contributed by atoms with Gasteiger partial charge < -0.3 is 10.3 Å². The van der Waals surface area contributed by atoms with Crippen LogP contribution in [0.2, 0.25) is 0 Å². The number of aromatic nitrogens is 2. The molecule has 0 bridgehead atoms. The van der Waals surface area contributed by atoms with Gasteiger partial charge in [-0.3, -0.25) is 0 Å². The molecule has 1 heterocycles. The van der Waals surface area contributed by atoms with Crippen LogP contribution in [0.25, 0.3) is 0 Å². The Labute approximate surface area is 107 Å². The molecule has 0 aliphatic heterocycles. The third kappa shape index (κ3) is 3.40. The first-order chi connectivity index (χ1) is 8.79. The minimum Gasteiger partial charge on any atom is -0.338 e. The van der Waals surface area contributed by atoms with E-state index in [1.54, 1.807) is 0 Å². The van der Waals surface area contributed by atoms with E-state index in [4.69, 9.17) is 10.3 Å². The maximum absolute atomic E-state index is 5.93. The summed E-state index contributed by atoms with van der Waals surface area (Å²) < 4.78 is 5.18. The second kappa shape index (κ2) is 6.31. The van der Waals surface area contributed by atoms with E-state index in [-0.39, 0.29) is 6.04 Å².